The van der Waals surface area contributed by atoms with E-state index in [1.54, 1.807) is 0 Å². The third-order valence-electron chi connectivity index (χ3n) is 20.5. The highest BCUT2D eigenvalue weighted by atomic mass is 15.0. The van der Waals surface area contributed by atoms with Gasteiger partial charge in [-0.25, -0.2) is 9.97 Å². The van der Waals surface area contributed by atoms with Crippen molar-refractivity contribution in [2.45, 2.75) is 5.92 Å². The van der Waals surface area contributed by atoms with E-state index in [0.29, 0.717) is 11.4 Å². The van der Waals surface area contributed by atoms with Crippen LogP contribution in [0.3, 0.4) is 0 Å². The first-order valence-corrected chi connectivity index (χ1v) is 34.2. The van der Waals surface area contributed by atoms with Crippen LogP contribution in [0.15, 0.2) is 358 Å². The highest BCUT2D eigenvalue weighted by Gasteiger charge is 2.32. The van der Waals surface area contributed by atoms with E-state index in [4.69, 9.17) is 9.97 Å². The molecule has 0 N–H and O–H groups in total. The third-order valence-corrected chi connectivity index (χ3v) is 20.5. The predicted molar refractivity (Wildman–Crippen MR) is 418 cm³/mol. The van der Waals surface area contributed by atoms with Gasteiger partial charge in [-0.05, 0) is 205 Å². The second kappa shape index (κ2) is 24.1. The fourth-order valence-electron chi connectivity index (χ4n) is 15.7. The van der Waals surface area contributed by atoms with E-state index in [2.05, 4.69) is 344 Å². The van der Waals surface area contributed by atoms with E-state index in [1.165, 1.54) is 137 Å². The van der Waals surface area contributed by atoms with Crippen LogP contribution in [0.4, 0.5) is 0 Å². The monoisotopic (exact) mass is 1270 g/mol. The molecule has 0 fully saturated rings. The molecule has 464 valence electrons. The molecule has 0 aliphatic heterocycles. The smallest absolute Gasteiger partial charge is 0.160 e. The zero-order chi connectivity index (χ0) is 66.2. The number of hydrogen-bond donors (Lipinski definition) is 0. The minimum absolute atomic E-state index is 0.175. The molecule has 0 amide bonds. The molecule has 1 unspecified atom stereocenters. The lowest BCUT2D eigenvalue weighted by Gasteiger charge is -2.17. The van der Waals surface area contributed by atoms with Crippen molar-refractivity contribution in [3.8, 4) is 90.0 Å². The van der Waals surface area contributed by atoms with E-state index in [9.17, 15) is 5.26 Å². The van der Waals surface area contributed by atoms with Gasteiger partial charge in [0.2, 0.25) is 0 Å². The molecular weight excluding hydrogens is 1210 g/mol. The molecule has 100 heavy (non-hydrogen) atoms. The molecule has 0 saturated heterocycles. The SMILES string of the molecule is N#Cc1ccc(-c2ccc(-c3ccc(C4c5cc6ccccc6cc5-c5c4ccc4ccccc54)cc3)c3ccccc23)cc1.c1ccc(-c2ccc(-c3nc(-c4ccc(-n5c6cc7ccccc7cc6c6c7ccccc7ccc65)cc4)nc4ccc(-c5ccccc5)cc34)cc2)cc1. The molecule has 0 saturated carbocycles. The van der Waals surface area contributed by atoms with Gasteiger partial charge in [0, 0.05) is 38.9 Å². The van der Waals surface area contributed by atoms with Gasteiger partial charge in [-0.2, -0.15) is 5.26 Å². The average molecular weight is 1270 g/mol. The summed E-state index contributed by atoms with van der Waals surface area (Å²) in [4.78, 5) is 10.5. The van der Waals surface area contributed by atoms with Gasteiger partial charge < -0.3 is 4.57 Å². The standard InChI is InChI=1S/C52H33N3.C44H27N/c1-3-11-34(12-4-1)36-19-21-38(22-20-36)51-45-31-42(35-13-5-2-6-14-35)25-29-47(45)53-52(54-51)39-23-27-43(28-24-39)55-48-30-26-37-15-9-10-18-44(37)50(48)46-32-40-16-7-8-17-41(40)33-49(46)55;45-27-28-13-15-30(16-14-28)35-23-24-36(39-12-6-5-11-38(35)39)31-17-19-32(20-18-31)43-40-22-21-29-7-3-4-10-37(29)44(40)42-26-34-9-2-1-8-33(34)25-41(42)43/h1-33H;1-26,43H. The van der Waals surface area contributed by atoms with Crippen LogP contribution in [-0.2, 0) is 0 Å². The zero-order valence-corrected chi connectivity index (χ0v) is 54.4. The number of nitrogens with zero attached hydrogens (tertiary/aromatic N) is 4. The first kappa shape index (κ1) is 58.1. The minimum atomic E-state index is 0.175. The molecule has 2 aromatic heterocycles. The van der Waals surface area contributed by atoms with Gasteiger partial charge in [0.15, 0.2) is 5.82 Å². The Morgan fingerprint density at radius 3 is 1.45 bits per heavy atom. The van der Waals surface area contributed by atoms with Crippen LogP contribution in [0.25, 0.3) is 171 Å². The van der Waals surface area contributed by atoms with E-state index >= 15 is 0 Å². The Hall–Kier alpha value is -13.3. The molecule has 2 heterocycles. The Bertz CT molecular complexity index is 6490. The van der Waals surface area contributed by atoms with Gasteiger partial charge in [0.1, 0.15) is 0 Å². The Kier molecular flexibility index (Phi) is 14.0. The van der Waals surface area contributed by atoms with Crippen LogP contribution >= 0.6 is 0 Å². The van der Waals surface area contributed by atoms with Crippen LogP contribution in [0, 0.1) is 11.3 Å². The maximum Gasteiger partial charge on any atom is 0.160 e. The highest BCUT2D eigenvalue weighted by molar-refractivity contribution is 6.23. The van der Waals surface area contributed by atoms with Crippen molar-refractivity contribution in [2.24, 2.45) is 0 Å². The molecule has 1 aliphatic rings. The molecule has 17 aromatic carbocycles. The highest BCUT2D eigenvalue weighted by Crippen LogP contribution is 2.52. The van der Waals surface area contributed by atoms with Gasteiger partial charge in [0.05, 0.1) is 33.9 Å². The fourth-order valence-corrected chi connectivity index (χ4v) is 15.7. The number of fused-ring (bicyclic) bond motifs is 14. The number of nitriles is 1. The topological polar surface area (TPSA) is 54.5 Å². The second-order valence-electron chi connectivity index (χ2n) is 26.2. The van der Waals surface area contributed by atoms with E-state index in [0.717, 1.165) is 44.5 Å². The average Bonchev–Trinajstić information content (AvgIpc) is 1.57. The number of hydrogen-bond acceptors (Lipinski definition) is 3. The van der Waals surface area contributed by atoms with Crippen LogP contribution in [0.1, 0.15) is 28.2 Å². The summed E-state index contributed by atoms with van der Waals surface area (Å²) in [5.74, 6) is 0.877. The largest absolute Gasteiger partial charge is 0.309 e. The lowest BCUT2D eigenvalue weighted by atomic mass is 9.86. The van der Waals surface area contributed by atoms with Crippen LogP contribution < -0.4 is 0 Å². The Morgan fingerprint density at radius 2 is 0.790 bits per heavy atom. The van der Waals surface area contributed by atoms with Gasteiger partial charge >= 0.3 is 0 Å². The normalized spacial score (nSPS) is 12.5. The van der Waals surface area contributed by atoms with Crippen molar-refractivity contribution in [2.75, 3.05) is 0 Å². The first-order chi connectivity index (χ1) is 49.5. The summed E-state index contributed by atoms with van der Waals surface area (Å²) in [6, 6.07) is 131. The Labute approximate surface area is 578 Å². The third kappa shape index (κ3) is 9.98. The van der Waals surface area contributed by atoms with Crippen molar-refractivity contribution in [3.63, 3.8) is 0 Å². The predicted octanol–water partition coefficient (Wildman–Crippen LogP) is 25.2. The summed E-state index contributed by atoms with van der Waals surface area (Å²) in [5.41, 5.74) is 24.2. The summed E-state index contributed by atoms with van der Waals surface area (Å²) < 4.78 is 2.40. The van der Waals surface area contributed by atoms with Gasteiger partial charge in [-0.1, -0.05) is 279 Å². The maximum atomic E-state index is 9.25. The quantitative estimate of drug-likeness (QED) is 0.152. The van der Waals surface area contributed by atoms with E-state index < -0.39 is 0 Å². The molecule has 4 nitrogen and oxygen atoms in total. The lowest BCUT2D eigenvalue weighted by molar-refractivity contribution is 1.02. The minimum Gasteiger partial charge on any atom is -0.309 e. The van der Waals surface area contributed by atoms with Gasteiger partial charge in [-0.15, -0.1) is 0 Å². The number of aromatic nitrogens is 3. The molecule has 19 aromatic rings. The Balaban J connectivity index is 0.000000142. The second-order valence-corrected chi connectivity index (χ2v) is 26.2. The van der Waals surface area contributed by atoms with Crippen LogP contribution in [-0.4, -0.2) is 14.5 Å². The van der Waals surface area contributed by atoms with Crippen molar-refractivity contribution < 1.29 is 0 Å². The number of benzene rings is 17. The fraction of sp³-hybridized carbons (Fsp3) is 0.0104. The van der Waals surface area contributed by atoms with E-state index in [-0.39, 0.29) is 5.92 Å². The number of rotatable bonds is 8. The summed E-state index contributed by atoms with van der Waals surface area (Å²) in [6.07, 6.45) is 0. The molecule has 4 heteroatoms. The van der Waals surface area contributed by atoms with E-state index in [1.807, 2.05) is 24.3 Å². The molecule has 1 atom stereocenters. The van der Waals surface area contributed by atoms with Crippen molar-refractivity contribution >= 4 is 86.6 Å². The van der Waals surface area contributed by atoms with Crippen LogP contribution in [0.2, 0.25) is 0 Å². The molecule has 0 bridgehead atoms. The molecule has 20 rings (SSSR count). The summed E-state index contributed by atoms with van der Waals surface area (Å²) >= 11 is 0. The van der Waals surface area contributed by atoms with Crippen molar-refractivity contribution in [1.82, 2.24) is 14.5 Å². The Morgan fingerprint density at radius 1 is 0.290 bits per heavy atom. The lowest BCUT2D eigenvalue weighted by Crippen LogP contribution is -1.99. The first-order valence-electron chi connectivity index (χ1n) is 34.2. The summed E-state index contributed by atoms with van der Waals surface area (Å²) in [6.45, 7) is 0. The maximum absolute atomic E-state index is 9.25. The summed E-state index contributed by atoms with van der Waals surface area (Å²) in [7, 11) is 0. The summed E-state index contributed by atoms with van der Waals surface area (Å²) in [5, 5.41) is 25.4. The zero-order valence-electron chi connectivity index (χ0n) is 54.4. The van der Waals surface area contributed by atoms with Crippen molar-refractivity contribution in [1.29, 1.82) is 5.26 Å². The van der Waals surface area contributed by atoms with Gasteiger partial charge in [-0.3, -0.25) is 0 Å². The molecule has 1 aliphatic carbocycles. The van der Waals surface area contributed by atoms with Gasteiger partial charge in [0.25, 0.3) is 0 Å². The molecular formula is C96H60N4. The molecule has 0 spiro atoms. The van der Waals surface area contributed by atoms with Crippen molar-refractivity contribution in [3.05, 3.63) is 380 Å². The van der Waals surface area contributed by atoms with Crippen LogP contribution in [0.5, 0.6) is 0 Å². The molecule has 0 radical (unpaired) electrons.